The first-order chi connectivity index (χ1) is 31.6. The molecule has 9 atom stereocenters. The fourth-order valence-electron chi connectivity index (χ4n) is 9.30. The largest absolute Gasteiger partial charge is 0.480 e. The van der Waals surface area contributed by atoms with E-state index in [0.29, 0.717) is 45.1 Å². The number of likely N-dealkylation sites (tertiary alicyclic amines) is 1. The van der Waals surface area contributed by atoms with Crippen LogP contribution in [0.25, 0.3) is 0 Å². The molecule has 1 aromatic rings. The van der Waals surface area contributed by atoms with Crippen molar-refractivity contribution in [3.63, 3.8) is 0 Å². The molecule has 2 heterocycles. The Morgan fingerprint density at radius 1 is 0.881 bits per heavy atom. The van der Waals surface area contributed by atoms with Crippen LogP contribution in [0.1, 0.15) is 105 Å². The number of nitrogens with zero attached hydrogens (tertiary/aromatic N) is 4. The first-order valence-electron chi connectivity index (χ1n) is 23.6. The number of unbranched alkanes of at least 4 members (excludes halogenated alkanes) is 2. The zero-order chi connectivity index (χ0) is 50.3. The fourth-order valence-corrected chi connectivity index (χ4v) is 9.71. The van der Waals surface area contributed by atoms with E-state index in [2.05, 4.69) is 26.6 Å². The maximum absolute atomic E-state index is 14.6. The van der Waals surface area contributed by atoms with Gasteiger partial charge in [0, 0.05) is 60.3 Å². The number of imide groups is 1. The van der Waals surface area contributed by atoms with Crippen molar-refractivity contribution in [2.75, 3.05) is 41.4 Å². The van der Waals surface area contributed by atoms with Crippen LogP contribution < -0.4 is 10.6 Å². The van der Waals surface area contributed by atoms with Crippen molar-refractivity contribution in [2.24, 2.45) is 23.7 Å². The average Bonchev–Trinajstić information content (AvgIpc) is 3.87. The summed E-state index contributed by atoms with van der Waals surface area (Å²) in [6, 6.07) is 4.95. The number of methoxy groups -OCH3 is 2. The van der Waals surface area contributed by atoms with Gasteiger partial charge in [-0.15, -0.1) is 0 Å². The number of likely N-dealkylation sites (N-methyl/N-ethyl adjacent to an activating group) is 2. The van der Waals surface area contributed by atoms with Gasteiger partial charge in [-0.05, 0) is 64.9 Å². The van der Waals surface area contributed by atoms with E-state index in [-0.39, 0.29) is 77.6 Å². The molecule has 0 spiro atoms. The van der Waals surface area contributed by atoms with Gasteiger partial charge in [-0.25, -0.2) is 4.79 Å². The number of halogens is 1. The van der Waals surface area contributed by atoms with Gasteiger partial charge in [-0.1, -0.05) is 91.6 Å². The van der Waals surface area contributed by atoms with Gasteiger partial charge in [0.05, 0.1) is 41.1 Å². The highest BCUT2D eigenvalue weighted by Gasteiger charge is 2.44. The van der Waals surface area contributed by atoms with Gasteiger partial charge in [0.15, 0.2) is 0 Å². The summed E-state index contributed by atoms with van der Waals surface area (Å²) in [5.41, 5.74) is 0.762. The number of hydrogen-bond acceptors (Lipinski definition) is 10. The van der Waals surface area contributed by atoms with E-state index in [0.717, 1.165) is 10.5 Å². The summed E-state index contributed by atoms with van der Waals surface area (Å²) >= 11 is 3.09. The Bertz CT molecular complexity index is 1910. The molecule has 0 saturated carbocycles. The molecule has 2 aliphatic heterocycles. The van der Waals surface area contributed by atoms with Crippen LogP contribution >= 0.6 is 15.9 Å². The number of ether oxygens (including phenoxy) is 2. The van der Waals surface area contributed by atoms with Gasteiger partial charge in [0.2, 0.25) is 29.5 Å². The molecule has 1 saturated heterocycles. The van der Waals surface area contributed by atoms with Gasteiger partial charge in [-0.3, -0.25) is 38.5 Å². The highest BCUT2D eigenvalue weighted by atomic mass is 79.9. The Morgan fingerprint density at radius 3 is 2.07 bits per heavy atom. The van der Waals surface area contributed by atoms with Crippen molar-refractivity contribution in [1.29, 1.82) is 0 Å². The minimum atomic E-state index is -1.16. The van der Waals surface area contributed by atoms with Crippen LogP contribution in [-0.2, 0) is 54.3 Å². The second kappa shape index (κ2) is 26.8. The van der Waals surface area contributed by atoms with Crippen molar-refractivity contribution in [2.45, 2.75) is 149 Å². The van der Waals surface area contributed by atoms with Gasteiger partial charge in [0.1, 0.15) is 18.1 Å². The topological polar surface area (TPSA) is 212 Å². The standard InChI is InChI=1S/C49H75BrN6O11/c1-12-31(6)43(37(66-10)28-40(59)55-25-19-22-36(55)44(67-11)32(7)45(60)51-35(49(64)65)26-33-20-15-13-16-21-33)54(9)48(63)41(29(2)3)52-46(61)42(30(4)5)53(8)38(57)23-17-14-18-24-56-39(58)27-34(50)47(56)62/h13,15-16,20-21,27,29-32,35-37,41-44H,12,14,17-19,22-26,28H2,1-11H3,(H,51,60)(H,52,61)(H,64,65)/t31-,32-,35+,36+,37-,41+,42+,43+,44-/m1/s1. The van der Waals surface area contributed by atoms with Crippen molar-refractivity contribution in [3.05, 3.63) is 46.5 Å². The molecule has 2 aliphatic rings. The summed E-state index contributed by atoms with van der Waals surface area (Å²) in [4.78, 5) is 112. The monoisotopic (exact) mass is 1000 g/mol. The summed E-state index contributed by atoms with van der Waals surface area (Å²) in [5, 5.41) is 15.6. The number of benzene rings is 1. The number of carboxylic acid groups (broad SMARTS) is 1. The number of nitrogens with one attached hydrogen (secondary N) is 2. The predicted octanol–water partition coefficient (Wildman–Crippen LogP) is 4.55. The van der Waals surface area contributed by atoms with E-state index < -0.39 is 66.1 Å². The molecule has 1 fully saturated rings. The highest BCUT2D eigenvalue weighted by molar-refractivity contribution is 9.12. The molecule has 0 unspecified atom stereocenters. The van der Waals surface area contributed by atoms with E-state index in [1.165, 1.54) is 25.2 Å². The van der Waals surface area contributed by atoms with Gasteiger partial charge >= 0.3 is 5.97 Å². The molecule has 7 amide bonds. The SMILES string of the molecule is CC[C@@H](C)[C@@H]([C@@H](CC(=O)N1CCC[C@H]1[C@H](OC)[C@@H](C)C(=O)N[C@@H](Cc1ccccc1)C(=O)O)OC)N(C)C(=O)[C@@H](NC(=O)[C@H](C(C)C)N(C)C(=O)CCCCCN1C(=O)C=C(Br)C1=O)C(C)C. The smallest absolute Gasteiger partial charge is 0.326 e. The summed E-state index contributed by atoms with van der Waals surface area (Å²) in [6.45, 7) is 13.6. The number of aliphatic carboxylic acids is 1. The van der Waals surface area contributed by atoms with Gasteiger partial charge in [-0.2, -0.15) is 0 Å². The highest BCUT2D eigenvalue weighted by Crippen LogP contribution is 2.30. The Hall–Kier alpha value is -4.68. The first kappa shape index (κ1) is 56.6. The zero-order valence-electron chi connectivity index (χ0n) is 41.3. The van der Waals surface area contributed by atoms with Crippen molar-refractivity contribution >= 4 is 63.2 Å². The van der Waals surface area contributed by atoms with Crippen LogP contribution in [0.4, 0.5) is 0 Å². The molecule has 374 valence electrons. The molecule has 0 radical (unpaired) electrons. The lowest BCUT2D eigenvalue weighted by Crippen LogP contribution is -2.60. The normalized spacial score (nSPS) is 18.7. The van der Waals surface area contributed by atoms with Crippen LogP contribution in [0.2, 0.25) is 0 Å². The molecule has 3 rings (SSSR count). The number of rotatable bonds is 27. The van der Waals surface area contributed by atoms with Crippen molar-refractivity contribution < 1.29 is 52.9 Å². The molecule has 1 aromatic carbocycles. The van der Waals surface area contributed by atoms with E-state index in [1.807, 2.05) is 47.6 Å². The maximum atomic E-state index is 14.6. The van der Waals surface area contributed by atoms with Gasteiger partial charge in [0.25, 0.3) is 11.8 Å². The van der Waals surface area contributed by atoms with E-state index in [9.17, 15) is 43.5 Å². The summed E-state index contributed by atoms with van der Waals surface area (Å²) < 4.78 is 12.1. The van der Waals surface area contributed by atoms with E-state index >= 15 is 0 Å². The summed E-state index contributed by atoms with van der Waals surface area (Å²) in [7, 11) is 6.20. The molecule has 0 aliphatic carbocycles. The van der Waals surface area contributed by atoms with E-state index in [1.54, 1.807) is 55.1 Å². The van der Waals surface area contributed by atoms with Crippen molar-refractivity contribution in [3.8, 4) is 0 Å². The Balaban J connectivity index is 1.71. The van der Waals surface area contributed by atoms with Crippen LogP contribution in [0.3, 0.4) is 0 Å². The molecular formula is C49H75BrN6O11. The minimum absolute atomic E-state index is 0.0840. The molecule has 3 N–H and O–H groups in total. The second-order valence-corrected chi connectivity index (χ2v) is 19.6. The Morgan fingerprint density at radius 2 is 1.54 bits per heavy atom. The second-order valence-electron chi connectivity index (χ2n) is 18.7. The van der Waals surface area contributed by atoms with Crippen molar-refractivity contribution in [1.82, 2.24) is 30.2 Å². The third-order valence-corrected chi connectivity index (χ3v) is 13.9. The number of carbonyl (C=O) groups excluding carboxylic acids is 7. The lowest BCUT2D eigenvalue weighted by molar-refractivity contribution is -0.149. The Labute approximate surface area is 405 Å². The predicted molar refractivity (Wildman–Crippen MR) is 256 cm³/mol. The number of carboxylic acids is 1. The maximum Gasteiger partial charge on any atom is 0.326 e. The molecule has 0 aromatic heterocycles. The lowest BCUT2D eigenvalue weighted by atomic mass is 9.89. The van der Waals surface area contributed by atoms with Crippen LogP contribution in [0.15, 0.2) is 40.9 Å². The number of amides is 7. The summed E-state index contributed by atoms with van der Waals surface area (Å²) in [5.74, 6) is -5.34. The molecular weight excluding hydrogens is 928 g/mol. The third-order valence-electron chi connectivity index (χ3n) is 13.3. The first-order valence-corrected chi connectivity index (χ1v) is 24.4. The number of hydrogen-bond donors (Lipinski definition) is 3. The van der Waals surface area contributed by atoms with Crippen LogP contribution in [-0.4, -0.2) is 156 Å². The van der Waals surface area contributed by atoms with Gasteiger partial charge < -0.3 is 39.9 Å². The quantitative estimate of drug-likeness (QED) is 0.0822. The summed E-state index contributed by atoms with van der Waals surface area (Å²) in [6.07, 6.45) is 3.40. The van der Waals surface area contributed by atoms with Crippen LogP contribution in [0, 0.1) is 23.7 Å². The Kier molecular flexibility index (Phi) is 22.6. The zero-order valence-corrected chi connectivity index (χ0v) is 42.9. The third kappa shape index (κ3) is 15.2. The molecule has 17 nitrogen and oxygen atoms in total. The molecule has 0 bridgehead atoms. The van der Waals surface area contributed by atoms with E-state index in [4.69, 9.17) is 9.47 Å². The number of carbonyl (C=O) groups is 8. The minimum Gasteiger partial charge on any atom is -0.480 e. The van der Waals surface area contributed by atoms with Crippen LogP contribution in [0.5, 0.6) is 0 Å². The lowest BCUT2D eigenvalue weighted by Gasteiger charge is -2.41. The average molecular weight is 1000 g/mol. The fraction of sp³-hybridized carbons (Fsp3) is 0.673. The molecule has 18 heteroatoms. The molecule has 67 heavy (non-hydrogen) atoms.